The number of nitrogens with one attached hydrogen (secondary N) is 1. The molecule has 2 aromatic carbocycles. The predicted molar refractivity (Wildman–Crippen MR) is 126 cm³/mol. The predicted octanol–water partition coefficient (Wildman–Crippen LogP) is 5.49. The van der Waals surface area contributed by atoms with Gasteiger partial charge < -0.3 is 5.32 Å². The number of nitrogens with zero attached hydrogens (tertiary/aromatic N) is 4. The molecular formula is C24H16Cl2FN5O2. The highest BCUT2D eigenvalue weighted by Crippen LogP contribution is 2.37. The number of hydrogen-bond acceptors (Lipinski definition) is 4. The van der Waals surface area contributed by atoms with Crippen molar-refractivity contribution in [2.75, 3.05) is 11.9 Å². The molecule has 0 radical (unpaired) electrons. The van der Waals surface area contributed by atoms with Crippen LogP contribution < -0.4 is 5.32 Å². The average molecular weight is 496 g/mol. The lowest BCUT2D eigenvalue weighted by molar-refractivity contribution is -0.0834. The zero-order valence-corrected chi connectivity index (χ0v) is 19.0. The summed E-state index contributed by atoms with van der Waals surface area (Å²) in [5.74, 6) is 5.43. The molecule has 1 N–H and O–H groups in total. The van der Waals surface area contributed by atoms with Crippen molar-refractivity contribution in [3.05, 3.63) is 93.6 Å². The molecule has 0 bridgehead atoms. The molecule has 1 saturated heterocycles. The van der Waals surface area contributed by atoms with E-state index in [1.807, 2.05) is 12.1 Å². The highest BCUT2D eigenvalue weighted by Gasteiger charge is 2.34. The fraction of sp³-hybridized carbons (Fsp3) is 0.125. The van der Waals surface area contributed by atoms with Gasteiger partial charge in [-0.1, -0.05) is 41.3 Å². The molecule has 4 aromatic rings. The van der Waals surface area contributed by atoms with Crippen molar-refractivity contribution in [3.63, 3.8) is 0 Å². The Morgan fingerprint density at radius 3 is 2.94 bits per heavy atom. The third kappa shape index (κ3) is 4.29. The number of anilines is 1. The van der Waals surface area contributed by atoms with E-state index in [0.29, 0.717) is 29.0 Å². The van der Waals surface area contributed by atoms with Crippen LogP contribution in [-0.2, 0) is 4.84 Å². The van der Waals surface area contributed by atoms with E-state index >= 15 is 0 Å². The molecule has 1 aliphatic heterocycles. The summed E-state index contributed by atoms with van der Waals surface area (Å²) in [5, 5.41) is 8.05. The maximum Gasteiger partial charge on any atom is 0.346 e. The Morgan fingerprint density at radius 1 is 1.18 bits per heavy atom. The van der Waals surface area contributed by atoms with Crippen LogP contribution in [0.4, 0.5) is 14.9 Å². The lowest BCUT2D eigenvalue weighted by Crippen LogP contribution is -2.33. The van der Waals surface area contributed by atoms with Gasteiger partial charge in [0, 0.05) is 29.4 Å². The van der Waals surface area contributed by atoms with Gasteiger partial charge in [-0.2, -0.15) is 10.2 Å². The van der Waals surface area contributed by atoms with E-state index in [-0.39, 0.29) is 22.2 Å². The molecule has 1 fully saturated rings. The van der Waals surface area contributed by atoms with Gasteiger partial charge in [-0.05, 0) is 42.3 Å². The Labute approximate surface area is 204 Å². The van der Waals surface area contributed by atoms with Crippen molar-refractivity contribution < 1.29 is 14.0 Å². The molecule has 170 valence electrons. The normalized spacial score (nSPS) is 15.3. The van der Waals surface area contributed by atoms with Gasteiger partial charge in [-0.3, -0.25) is 4.84 Å². The van der Waals surface area contributed by atoms with Gasteiger partial charge in [0.05, 0.1) is 28.9 Å². The van der Waals surface area contributed by atoms with Gasteiger partial charge in [0.1, 0.15) is 11.5 Å². The molecule has 7 nitrogen and oxygen atoms in total. The number of halogens is 3. The van der Waals surface area contributed by atoms with Crippen LogP contribution in [0.15, 0.2) is 60.9 Å². The summed E-state index contributed by atoms with van der Waals surface area (Å²) in [7, 11) is 0. The molecule has 5 rings (SSSR count). The van der Waals surface area contributed by atoms with Crippen LogP contribution >= 0.6 is 23.2 Å². The molecule has 2 aromatic heterocycles. The quantitative estimate of drug-likeness (QED) is 0.295. The molecule has 0 spiro atoms. The van der Waals surface area contributed by atoms with E-state index in [1.165, 1.54) is 12.1 Å². The first-order valence-corrected chi connectivity index (χ1v) is 11.0. The molecule has 0 saturated carbocycles. The van der Waals surface area contributed by atoms with Crippen molar-refractivity contribution in [1.82, 2.24) is 19.7 Å². The summed E-state index contributed by atoms with van der Waals surface area (Å²) in [6, 6.07) is 12.5. The number of carbonyl (C=O) groups excluding carboxylic acids is 1. The smallest absolute Gasteiger partial charge is 0.306 e. The second-order valence-electron chi connectivity index (χ2n) is 7.43. The number of hydroxylamine groups is 2. The first-order valence-electron chi connectivity index (χ1n) is 10.3. The number of imidazole rings is 1. The number of fused-ring (bicyclic) bond motifs is 1. The van der Waals surface area contributed by atoms with Crippen molar-refractivity contribution in [3.8, 4) is 11.8 Å². The van der Waals surface area contributed by atoms with Crippen LogP contribution in [-0.4, -0.2) is 32.3 Å². The second kappa shape index (κ2) is 9.31. The molecule has 3 heterocycles. The van der Waals surface area contributed by atoms with Gasteiger partial charge in [0.2, 0.25) is 0 Å². The minimum absolute atomic E-state index is 0.107. The fourth-order valence-corrected chi connectivity index (χ4v) is 3.97. The summed E-state index contributed by atoms with van der Waals surface area (Å²) in [5.41, 5.74) is 2.77. The van der Waals surface area contributed by atoms with Crippen LogP contribution in [0.25, 0.3) is 5.65 Å². The minimum atomic E-state index is -0.665. The maximum atomic E-state index is 14.7. The molecular weight excluding hydrogens is 480 g/mol. The SMILES string of the molecule is O=C(Nc1cccc(C#Cc2cnc3cccnn23)c1)N1OCC[C@H]1c1ccc(Cl)c(Cl)c1F. The summed E-state index contributed by atoms with van der Waals surface area (Å²) in [4.78, 5) is 22.7. The standard InChI is InChI=1S/C24H16Cl2FN5O2/c25-19-9-8-18(23(27)22(19)26)20-10-12-34-32(20)24(33)30-16-4-1-3-15(13-16)6-7-17-14-28-21-5-2-11-29-31(17)21/h1-5,8-9,11,13-14,20H,10,12H2,(H,30,33)/t20-/m0/s1. The Bertz CT molecular complexity index is 1460. The van der Waals surface area contributed by atoms with Gasteiger partial charge in [-0.25, -0.2) is 18.7 Å². The van der Waals surface area contributed by atoms with Gasteiger partial charge in [-0.15, -0.1) is 0 Å². The molecule has 10 heteroatoms. The Hall–Kier alpha value is -3.64. The van der Waals surface area contributed by atoms with Gasteiger partial charge in [0.25, 0.3) is 0 Å². The molecule has 0 unspecified atom stereocenters. The third-order valence-corrected chi connectivity index (χ3v) is 6.04. The first kappa shape index (κ1) is 22.2. The largest absolute Gasteiger partial charge is 0.346 e. The van der Waals surface area contributed by atoms with Crippen molar-refractivity contribution in [1.29, 1.82) is 0 Å². The molecule has 34 heavy (non-hydrogen) atoms. The fourth-order valence-electron chi connectivity index (χ4n) is 3.65. The zero-order chi connectivity index (χ0) is 23.7. The van der Waals surface area contributed by atoms with E-state index in [0.717, 1.165) is 5.06 Å². The van der Waals surface area contributed by atoms with E-state index in [2.05, 4.69) is 27.2 Å². The summed E-state index contributed by atoms with van der Waals surface area (Å²) in [6.07, 6.45) is 3.72. The van der Waals surface area contributed by atoms with Crippen LogP contribution in [0, 0.1) is 17.7 Å². The van der Waals surface area contributed by atoms with E-state index in [1.54, 1.807) is 41.2 Å². The molecule has 1 atom stereocenters. The Balaban J connectivity index is 1.34. The van der Waals surface area contributed by atoms with Crippen molar-refractivity contribution in [2.24, 2.45) is 0 Å². The number of benzene rings is 2. The average Bonchev–Trinajstić information content (AvgIpc) is 3.49. The van der Waals surface area contributed by atoms with Crippen LogP contribution in [0.3, 0.4) is 0 Å². The summed E-state index contributed by atoms with van der Waals surface area (Å²) in [6.45, 7) is 0.261. The minimum Gasteiger partial charge on any atom is -0.306 e. The number of urea groups is 1. The molecule has 1 aliphatic rings. The lowest BCUT2D eigenvalue weighted by Gasteiger charge is -2.24. The van der Waals surface area contributed by atoms with Gasteiger partial charge in [0.15, 0.2) is 5.65 Å². The highest BCUT2D eigenvalue weighted by atomic mass is 35.5. The number of amides is 2. The first-order chi connectivity index (χ1) is 16.5. The van der Waals surface area contributed by atoms with Gasteiger partial charge >= 0.3 is 6.03 Å². The van der Waals surface area contributed by atoms with Crippen molar-refractivity contribution >= 4 is 40.6 Å². The molecule has 2 amide bonds. The number of hydrogen-bond donors (Lipinski definition) is 1. The number of rotatable bonds is 2. The summed E-state index contributed by atoms with van der Waals surface area (Å²) >= 11 is 11.8. The van der Waals surface area contributed by atoms with Crippen LogP contribution in [0.2, 0.25) is 10.0 Å². The van der Waals surface area contributed by atoms with E-state index in [4.69, 9.17) is 28.0 Å². The molecule has 0 aliphatic carbocycles. The van der Waals surface area contributed by atoms with E-state index in [9.17, 15) is 9.18 Å². The van der Waals surface area contributed by atoms with E-state index < -0.39 is 17.9 Å². The Kier molecular flexibility index (Phi) is 6.07. The van der Waals surface area contributed by atoms with Crippen LogP contribution in [0.5, 0.6) is 0 Å². The lowest BCUT2D eigenvalue weighted by atomic mass is 10.0. The monoisotopic (exact) mass is 495 g/mol. The Morgan fingerprint density at radius 2 is 2.06 bits per heavy atom. The highest BCUT2D eigenvalue weighted by molar-refractivity contribution is 6.42. The third-order valence-electron chi connectivity index (χ3n) is 5.26. The summed E-state index contributed by atoms with van der Waals surface area (Å²) < 4.78 is 16.3. The number of aromatic nitrogens is 3. The maximum absolute atomic E-state index is 14.7. The topological polar surface area (TPSA) is 71.8 Å². The van der Waals surface area contributed by atoms with Crippen LogP contribution in [0.1, 0.15) is 29.3 Å². The second-order valence-corrected chi connectivity index (χ2v) is 8.21. The van der Waals surface area contributed by atoms with Crippen molar-refractivity contribution in [2.45, 2.75) is 12.5 Å². The number of carbonyl (C=O) groups is 1. The zero-order valence-electron chi connectivity index (χ0n) is 17.5.